The summed E-state index contributed by atoms with van der Waals surface area (Å²) in [7, 11) is 0. The molecule has 0 aliphatic rings. The van der Waals surface area contributed by atoms with Crippen LogP contribution in [0.15, 0.2) is 50.7 Å². The molecule has 1 atom stereocenters. The number of carboxylic acids is 1. The van der Waals surface area contributed by atoms with Gasteiger partial charge in [-0.2, -0.15) is 0 Å². The van der Waals surface area contributed by atoms with Crippen molar-refractivity contribution in [2.24, 2.45) is 0 Å². The van der Waals surface area contributed by atoms with E-state index in [0.29, 0.717) is 0 Å². The van der Waals surface area contributed by atoms with Gasteiger partial charge in [0.05, 0.1) is 18.1 Å². The highest BCUT2D eigenvalue weighted by atomic mass is 79.9. The zero-order valence-electron chi connectivity index (χ0n) is 14.1. The molecule has 0 aromatic heterocycles. The fraction of sp³-hybridized carbons (Fsp3) is 0.222. The Morgan fingerprint density at radius 3 is 2.56 bits per heavy atom. The number of carbonyl (C=O) groups excluding carboxylic acids is 1. The molecule has 2 N–H and O–H groups in total. The van der Waals surface area contributed by atoms with E-state index in [9.17, 15) is 19.8 Å². The fourth-order valence-electron chi connectivity index (χ4n) is 2.09. The van der Waals surface area contributed by atoms with Crippen LogP contribution in [0.25, 0.3) is 0 Å². The number of hydrogen-bond acceptors (Lipinski definition) is 6. The number of benzene rings is 2. The third-order valence-corrected chi connectivity index (χ3v) is 4.91. The number of carbonyl (C=O) groups is 2. The third kappa shape index (κ3) is 6.64. The lowest BCUT2D eigenvalue weighted by Gasteiger charge is -2.16. The third-order valence-electron chi connectivity index (χ3n) is 3.20. The molecule has 0 saturated carbocycles. The molecule has 0 amide bonds. The molecule has 2 aromatic rings. The number of esters is 1. The second-order valence-electron chi connectivity index (χ2n) is 5.29. The monoisotopic (exact) mass is 474 g/mol. The lowest BCUT2D eigenvalue weighted by Crippen LogP contribution is -2.30. The van der Waals surface area contributed by atoms with Crippen molar-refractivity contribution in [2.75, 3.05) is 6.61 Å². The number of phenolic OH excluding ortho intramolecular Hbond substituents is 1. The number of phenols is 1. The predicted molar refractivity (Wildman–Crippen MR) is 105 cm³/mol. The first-order valence-electron chi connectivity index (χ1n) is 7.80. The van der Waals surface area contributed by atoms with Crippen LogP contribution in [0.3, 0.4) is 0 Å². The van der Waals surface area contributed by atoms with Crippen molar-refractivity contribution in [3.8, 4) is 11.5 Å². The Kier molecular flexibility index (Phi) is 7.82. The van der Waals surface area contributed by atoms with Crippen LogP contribution in [0.4, 0.5) is 0 Å². The van der Waals surface area contributed by atoms with Crippen molar-refractivity contribution in [1.82, 2.24) is 0 Å². The van der Waals surface area contributed by atoms with E-state index in [1.54, 1.807) is 31.2 Å². The highest BCUT2D eigenvalue weighted by Gasteiger charge is 2.25. The number of ether oxygens (including phenoxy) is 2. The van der Waals surface area contributed by atoms with Crippen molar-refractivity contribution in [1.29, 1.82) is 0 Å². The van der Waals surface area contributed by atoms with E-state index in [1.807, 2.05) is 6.07 Å². The summed E-state index contributed by atoms with van der Waals surface area (Å²) in [6.07, 6.45) is -1.82. The second kappa shape index (κ2) is 9.87. The first-order valence-corrected chi connectivity index (χ1v) is 9.79. The van der Waals surface area contributed by atoms with Gasteiger partial charge in [0.1, 0.15) is 11.5 Å². The van der Waals surface area contributed by atoms with Crippen LogP contribution in [0.2, 0.25) is 5.02 Å². The summed E-state index contributed by atoms with van der Waals surface area (Å²) in [6, 6.07) is 9.86. The molecule has 1 unspecified atom stereocenters. The topological polar surface area (TPSA) is 93.1 Å². The number of rotatable bonds is 8. The van der Waals surface area contributed by atoms with Crippen LogP contribution in [0, 0.1) is 0 Å². The quantitative estimate of drug-likeness (QED) is 0.532. The van der Waals surface area contributed by atoms with Crippen molar-refractivity contribution < 1.29 is 29.3 Å². The van der Waals surface area contributed by atoms with Gasteiger partial charge in [-0.25, -0.2) is 4.79 Å². The molecule has 2 rings (SSSR count). The Bertz CT molecular complexity index is 824. The van der Waals surface area contributed by atoms with Crippen molar-refractivity contribution in [3.63, 3.8) is 0 Å². The number of aliphatic carboxylic acids is 1. The van der Waals surface area contributed by atoms with Gasteiger partial charge in [-0.1, -0.05) is 39.3 Å². The van der Waals surface area contributed by atoms with Crippen molar-refractivity contribution in [3.05, 3.63) is 45.9 Å². The SMILES string of the molecule is CCOC(=O)CC(Oc1ccc(Sc2cc(O)cc(Br)c2)cc1Cl)C(=O)O. The predicted octanol–water partition coefficient (Wildman–Crippen LogP) is 4.74. The first kappa shape index (κ1) is 21.4. The van der Waals surface area contributed by atoms with Gasteiger partial charge in [-0.3, -0.25) is 4.79 Å². The van der Waals surface area contributed by atoms with Crippen LogP contribution in [0.1, 0.15) is 13.3 Å². The maximum Gasteiger partial charge on any atom is 0.345 e. The molecule has 6 nitrogen and oxygen atoms in total. The summed E-state index contributed by atoms with van der Waals surface area (Å²) in [4.78, 5) is 24.4. The summed E-state index contributed by atoms with van der Waals surface area (Å²) < 4.78 is 10.9. The molecule has 0 fully saturated rings. The van der Waals surface area contributed by atoms with E-state index in [2.05, 4.69) is 15.9 Å². The maximum absolute atomic E-state index is 11.5. The minimum atomic E-state index is -1.40. The molecule has 0 aliphatic heterocycles. The van der Waals surface area contributed by atoms with Crippen LogP contribution < -0.4 is 4.74 Å². The summed E-state index contributed by atoms with van der Waals surface area (Å²) in [6.45, 7) is 1.79. The highest BCUT2D eigenvalue weighted by Crippen LogP contribution is 2.36. The van der Waals surface area contributed by atoms with Gasteiger partial charge < -0.3 is 19.7 Å². The number of halogens is 2. The average molecular weight is 476 g/mol. The molecule has 0 heterocycles. The number of hydrogen-bond donors (Lipinski definition) is 2. The van der Waals surface area contributed by atoms with E-state index in [1.165, 1.54) is 17.8 Å². The summed E-state index contributed by atoms with van der Waals surface area (Å²) in [5.74, 6) is -1.68. The Hall–Kier alpha value is -1.90. The maximum atomic E-state index is 11.5. The van der Waals surface area contributed by atoms with Gasteiger partial charge in [0, 0.05) is 14.3 Å². The van der Waals surface area contributed by atoms with E-state index >= 15 is 0 Å². The molecule has 27 heavy (non-hydrogen) atoms. The lowest BCUT2D eigenvalue weighted by molar-refractivity contribution is -0.154. The normalized spacial score (nSPS) is 11.7. The molecule has 0 aliphatic carbocycles. The Morgan fingerprint density at radius 2 is 1.96 bits per heavy atom. The second-order valence-corrected chi connectivity index (χ2v) is 7.76. The Labute approximate surface area is 173 Å². The summed E-state index contributed by atoms with van der Waals surface area (Å²) in [5, 5.41) is 19.1. The van der Waals surface area contributed by atoms with E-state index < -0.39 is 24.5 Å². The van der Waals surface area contributed by atoms with Gasteiger partial charge in [-0.15, -0.1) is 0 Å². The molecule has 0 bridgehead atoms. The van der Waals surface area contributed by atoms with Crippen molar-refractivity contribution in [2.45, 2.75) is 29.2 Å². The minimum absolute atomic E-state index is 0.126. The largest absolute Gasteiger partial charge is 0.508 e. The van der Waals surface area contributed by atoms with Crippen LogP contribution in [0.5, 0.6) is 11.5 Å². The number of carboxylic acid groups (broad SMARTS) is 1. The van der Waals surface area contributed by atoms with Crippen molar-refractivity contribution >= 4 is 51.2 Å². The van der Waals surface area contributed by atoms with E-state index in [-0.39, 0.29) is 23.1 Å². The fourth-order valence-corrected chi connectivity index (χ4v) is 3.96. The molecular formula is C18H16BrClO6S. The lowest BCUT2D eigenvalue weighted by atomic mass is 10.2. The van der Waals surface area contributed by atoms with Crippen LogP contribution in [-0.4, -0.2) is 34.9 Å². The smallest absolute Gasteiger partial charge is 0.345 e. The standard InChI is InChI=1S/C18H16BrClO6S/c1-2-25-17(22)9-16(18(23)24)26-15-4-3-12(8-14(15)20)27-13-6-10(19)5-11(21)7-13/h3-8,16,21H,2,9H2,1H3,(H,23,24). The summed E-state index contributed by atoms with van der Waals surface area (Å²) in [5.41, 5.74) is 0. The molecule has 0 saturated heterocycles. The Morgan fingerprint density at radius 1 is 1.22 bits per heavy atom. The Balaban J connectivity index is 2.12. The first-order chi connectivity index (χ1) is 12.8. The zero-order valence-corrected chi connectivity index (χ0v) is 17.3. The molecular weight excluding hydrogens is 460 g/mol. The molecule has 2 aromatic carbocycles. The minimum Gasteiger partial charge on any atom is -0.508 e. The van der Waals surface area contributed by atoms with Crippen LogP contribution >= 0.6 is 39.3 Å². The molecule has 144 valence electrons. The average Bonchev–Trinajstić information content (AvgIpc) is 2.55. The summed E-state index contributed by atoms with van der Waals surface area (Å²) >= 11 is 10.9. The van der Waals surface area contributed by atoms with E-state index in [0.717, 1.165) is 14.3 Å². The molecule has 0 radical (unpaired) electrons. The number of aromatic hydroxyl groups is 1. The molecule has 0 spiro atoms. The highest BCUT2D eigenvalue weighted by molar-refractivity contribution is 9.10. The van der Waals surface area contributed by atoms with Crippen LogP contribution in [-0.2, 0) is 14.3 Å². The van der Waals surface area contributed by atoms with Gasteiger partial charge in [-0.05, 0) is 43.3 Å². The van der Waals surface area contributed by atoms with Gasteiger partial charge in [0.2, 0.25) is 6.10 Å². The van der Waals surface area contributed by atoms with Gasteiger partial charge in [0.15, 0.2) is 0 Å². The zero-order chi connectivity index (χ0) is 20.0. The van der Waals surface area contributed by atoms with E-state index in [4.69, 9.17) is 21.1 Å². The molecule has 9 heteroatoms. The van der Waals surface area contributed by atoms with Gasteiger partial charge in [0.25, 0.3) is 0 Å². The van der Waals surface area contributed by atoms with Gasteiger partial charge >= 0.3 is 11.9 Å².